The van der Waals surface area contributed by atoms with Crippen molar-refractivity contribution in [3.8, 4) is 0 Å². The minimum Gasteiger partial charge on any atom is -0.387 e. The van der Waals surface area contributed by atoms with Crippen LogP contribution in [-0.4, -0.2) is 24.4 Å². The Hall–Kier alpha value is -2.78. The van der Waals surface area contributed by atoms with E-state index in [0.29, 0.717) is 18.7 Å². The lowest BCUT2D eigenvalue weighted by molar-refractivity contribution is 0.0746. The maximum atomic E-state index is 13.5. The van der Waals surface area contributed by atoms with Gasteiger partial charge in [0.15, 0.2) is 0 Å². The number of nitrogens with zero attached hydrogens (tertiary/aromatic N) is 1. The fourth-order valence-electron chi connectivity index (χ4n) is 3.56. The summed E-state index contributed by atoms with van der Waals surface area (Å²) in [7, 11) is 1.84. The van der Waals surface area contributed by atoms with Gasteiger partial charge < -0.3 is 10.2 Å². The maximum Gasteiger partial charge on any atom is 0.256 e. The highest BCUT2D eigenvalue weighted by atomic mass is 35.5. The summed E-state index contributed by atoms with van der Waals surface area (Å²) in [6, 6.07) is 24.1. The number of para-hydroxylation sites is 1. The maximum absolute atomic E-state index is 13.5. The minimum atomic E-state index is 0.0267. The Morgan fingerprint density at radius 3 is 2.13 bits per heavy atom. The molecule has 0 aliphatic heterocycles. The van der Waals surface area contributed by atoms with Gasteiger partial charge in [0.25, 0.3) is 5.91 Å². The van der Waals surface area contributed by atoms with Crippen LogP contribution in [0.4, 0.5) is 5.69 Å². The first-order chi connectivity index (χ1) is 14.8. The second-order valence-electron chi connectivity index (χ2n) is 8.85. The molecule has 0 radical (unpaired) electrons. The number of amides is 1. The molecule has 3 aromatic carbocycles. The number of carbonyl (C=O) groups excluding carboxylic acids is 1. The van der Waals surface area contributed by atoms with E-state index in [2.05, 4.69) is 50.4 Å². The number of hydrogen-bond acceptors (Lipinski definition) is 2. The Morgan fingerprint density at radius 1 is 0.903 bits per heavy atom. The Balaban J connectivity index is 1.84. The van der Waals surface area contributed by atoms with Crippen molar-refractivity contribution in [3.63, 3.8) is 0 Å². The van der Waals surface area contributed by atoms with E-state index in [1.165, 1.54) is 5.56 Å². The van der Waals surface area contributed by atoms with Crippen molar-refractivity contribution in [1.82, 2.24) is 4.90 Å². The van der Waals surface area contributed by atoms with Gasteiger partial charge in [-0.3, -0.25) is 4.79 Å². The molecule has 162 valence electrons. The van der Waals surface area contributed by atoms with E-state index in [4.69, 9.17) is 11.6 Å². The number of hydrogen-bond donors (Lipinski definition) is 1. The molecular weight excluding hydrogens is 404 g/mol. The van der Waals surface area contributed by atoms with E-state index in [1.54, 1.807) is 0 Å². The first kappa shape index (κ1) is 22.9. The summed E-state index contributed by atoms with van der Waals surface area (Å²) in [4.78, 5) is 15.4. The van der Waals surface area contributed by atoms with E-state index in [9.17, 15) is 4.79 Å². The van der Waals surface area contributed by atoms with Gasteiger partial charge in [-0.15, -0.1) is 0 Å². The molecule has 0 unspecified atom stereocenters. The van der Waals surface area contributed by atoms with Crippen LogP contribution in [0, 0.1) is 0 Å². The molecule has 0 spiro atoms. The second kappa shape index (κ2) is 10.0. The molecule has 0 fully saturated rings. The summed E-state index contributed by atoms with van der Waals surface area (Å²) in [6.45, 7) is 7.81. The van der Waals surface area contributed by atoms with Crippen molar-refractivity contribution >= 4 is 23.2 Å². The molecule has 1 amide bonds. The van der Waals surface area contributed by atoms with Gasteiger partial charge >= 0.3 is 0 Å². The highest BCUT2D eigenvalue weighted by molar-refractivity contribution is 6.30. The van der Waals surface area contributed by atoms with E-state index >= 15 is 0 Å². The third kappa shape index (κ3) is 6.11. The predicted molar refractivity (Wildman–Crippen MR) is 131 cm³/mol. The molecule has 1 N–H and O–H groups in total. The largest absolute Gasteiger partial charge is 0.387 e. The number of anilines is 1. The standard InChI is InChI=1S/C27H31ClN2O/c1-27(2,3)22-13-9-21(10-14-22)19-30(18-17-20-11-15-23(28)16-12-20)26(31)24-7-5-6-8-25(24)29-4/h5-16,29H,17-19H2,1-4H3. The monoisotopic (exact) mass is 434 g/mol. The van der Waals surface area contributed by atoms with Gasteiger partial charge in [-0.25, -0.2) is 0 Å². The van der Waals surface area contributed by atoms with Gasteiger partial charge in [0.2, 0.25) is 0 Å². The fraction of sp³-hybridized carbons (Fsp3) is 0.296. The first-order valence-electron chi connectivity index (χ1n) is 10.7. The van der Waals surface area contributed by atoms with Gasteiger partial charge in [-0.05, 0) is 52.8 Å². The van der Waals surface area contributed by atoms with Crippen molar-refractivity contribution in [1.29, 1.82) is 0 Å². The molecule has 0 atom stereocenters. The Kier molecular flexibility index (Phi) is 7.40. The highest BCUT2D eigenvalue weighted by Gasteiger charge is 2.19. The Bertz CT molecular complexity index is 1000. The number of halogens is 1. The van der Waals surface area contributed by atoms with Crippen LogP contribution < -0.4 is 5.32 Å². The van der Waals surface area contributed by atoms with Crippen LogP contribution in [0.5, 0.6) is 0 Å². The van der Waals surface area contributed by atoms with Gasteiger partial charge in [-0.2, -0.15) is 0 Å². The van der Waals surface area contributed by atoms with Crippen LogP contribution in [0.15, 0.2) is 72.8 Å². The highest BCUT2D eigenvalue weighted by Crippen LogP contribution is 2.24. The average molecular weight is 435 g/mol. The summed E-state index contributed by atoms with van der Waals surface area (Å²) < 4.78 is 0. The topological polar surface area (TPSA) is 32.3 Å². The number of nitrogens with one attached hydrogen (secondary N) is 1. The molecule has 3 aromatic rings. The van der Waals surface area contributed by atoms with Gasteiger partial charge in [0.1, 0.15) is 0 Å². The molecule has 0 bridgehead atoms. The summed E-state index contributed by atoms with van der Waals surface area (Å²) in [5, 5.41) is 3.86. The van der Waals surface area contributed by atoms with E-state index in [0.717, 1.165) is 28.3 Å². The summed E-state index contributed by atoms with van der Waals surface area (Å²) in [5.74, 6) is 0.0267. The second-order valence-corrected chi connectivity index (χ2v) is 9.28. The third-order valence-corrected chi connectivity index (χ3v) is 5.74. The summed E-state index contributed by atoms with van der Waals surface area (Å²) in [6.07, 6.45) is 0.769. The van der Waals surface area contributed by atoms with Crippen LogP contribution in [0.2, 0.25) is 5.02 Å². The Morgan fingerprint density at radius 2 is 1.52 bits per heavy atom. The quantitative estimate of drug-likeness (QED) is 0.456. The van der Waals surface area contributed by atoms with E-state index in [1.807, 2.05) is 60.5 Å². The molecule has 3 nitrogen and oxygen atoms in total. The summed E-state index contributed by atoms with van der Waals surface area (Å²) in [5.41, 5.74) is 5.20. The van der Waals surface area contributed by atoms with Crippen LogP contribution in [0.25, 0.3) is 0 Å². The molecule has 0 saturated heterocycles. The predicted octanol–water partition coefficient (Wildman–Crippen LogP) is 6.56. The number of benzene rings is 3. The molecular formula is C27H31ClN2O. The van der Waals surface area contributed by atoms with Crippen LogP contribution in [0.1, 0.15) is 47.8 Å². The van der Waals surface area contributed by atoms with Crippen LogP contribution in [0.3, 0.4) is 0 Å². The SMILES string of the molecule is CNc1ccccc1C(=O)N(CCc1ccc(Cl)cc1)Cc1ccc(C(C)(C)C)cc1. The lowest BCUT2D eigenvalue weighted by Gasteiger charge is -2.25. The lowest BCUT2D eigenvalue weighted by atomic mass is 9.87. The van der Waals surface area contributed by atoms with Crippen molar-refractivity contribution < 1.29 is 4.79 Å². The average Bonchev–Trinajstić information content (AvgIpc) is 2.77. The minimum absolute atomic E-state index is 0.0267. The van der Waals surface area contributed by atoms with Crippen molar-refractivity contribution in [2.75, 3.05) is 18.9 Å². The molecule has 0 aliphatic carbocycles. The smallest absolute Gasteiger partial charge is 0.256 e. The summed E-state index contributed by atoms with van der Waals surface area (Å²) >= 11 is 6.02. The first-order valence-corrected chi connectivity index (χ1v) is 11.1. The molecule has 0 heterocycles. The molecule has 4 heteroatoms. The zero-order valence-corrected chi connectivity index (χ0v) is 19.5. The van der Waals surface area contributed by atoms with Crippen molar-refractivity contribution in [2.24, 2.45) is 0 Å². The molecule has 0 aliphatic rings. The molecule has 0 aromatic heterocycles. The molecule has 0 saturated carbocycles. The fourth-order valence-corrected chi connectivity index (χ4v) is 3.68. The normalized spacial score (nSPS) is 11.3. The van der Waals surface area contributed by atoms with Crippen LogP contribution in [-0.2, 0) is 18.4 Å². The molecule has 31 heavy (non-hydrogen) atoms. The number of carbonyl (C=O) groups is 1. The van der Waals surface area contributed by atoms with E-state index < -0.39 is 0 Å². The van der Waals surface area contributed by atoms with Gasteiger partial charge in [0, 0.05) is 30.8 Å². The van der Waals surface area contributed by atoms with Gasteiger partial charge in [-0.1, -0.05) is 80.9 Å². The van der Waals surface area contributed by atoms with Crippen molar-refractivity contribution in [2.45, 2.75) is 39.2 Å². The van der Waals surface area contributed by atoms with Crippen LogP contribution >= 0.6 is 11.6 Å². The van der Waals surface area contributed by atoms with E-state index in [-0.39, 0.29) is 11.3 Å². The van der Waals surface area contributed by atoms with Gasteiger partial charge in [0.05, 0.1) is 5.56 Å². The zero-order chi connectivity index (χ0) is 22.4. The zero-order valence-electron chi connectivity index (χ0n) is 18.8. The molecule has 3 rings (SSSR count). The lowest BCUT2D eigenvalue weighted by Crippen LogP contribution is -2.33. The van der Waals surface area contributed by atoms with Crippen molar-refractivity contribution in [3.05, 3.63) is 100 Å². The third-order valence-electron chi connectivity index (χ3n) is 5.49. The Labute approximate surface area is 191 Å². The number of rotatable bonds is 7.